The average molecular weight is 301 g/mol. The predicted octanol–water partition coefficient (Wildman–Crippen LogP) is 1.71. The Balaban J connectivity index is 1.61. The summed E-state index contributed by atoms with van der Waals surface area (Å²) in [6.45, 7) is 2.36. The first-order valence-electron chi connectivity index (χ1n) is 8.16. The maximum absolute atomic E-state index is 12.7. The zero-order valence-corrected chi connectivity index (χ0v) is 13.3. The van der Waals surface area contributed by atoms with Gasteiger partial charge in [0, 0.05) is 38.4 Å². The monoisotopic (exact) mass is 301 g/mol. The van der Waals surface area contributed by atoms with E-state index in [-0.39, 0.29) is 6.04 Å². The Kier molecular flexibility index (Phi) is 3.17. The molecular formula is C17H23N3O2. The molecule has 2 aliphatic heterocycles. The number of anilines is 2. The summed E-state index contributed by atoms with van der Waals surface area (Å²) >= 11 is 0. The first-order valence-corrected chi connectivity index (χ1v) is 8.16. The Hall–Kier alpha value is -1.91. The number of ether oxygens (including phenoxy) is 1. The minimum Gasteiger partial charge on any atom is -0.489 e. The topological polar surface area (TPSA) is 36.0 Å². The Morgan fingerprint density at radius 1 is 1.14 bits per heavy atom. The highest BCUT2D eigenvalue weighted by molar-refractivity contribution is 5.89. The molecule has 1 aliphatic carbocycles. The van der Waals surface area contributed by atoms with Crippen LogP contribution in [0.15, 0.2) is 18.2 Å². The number of carbonyl (C=O) groups is 1. The zero-order chi connectivity index (χ0) is 15.3. The minimum atomic E-state index is -0.00606. The second-order valence-electron chi connectivity index (χ2n) is 6.66. The largest absolute Gasteiger partial charge is 0.489 e. The van der Waals surface area contributed by atoms with E-state index >= 15 is 0 Å². The summed E-state index contributed by atoms with van der Waals surface area (Å²) in [5, 5.41) is 0. The van der Waals surface area contributed by atoms with Gasteiger partial charge in [-0.05, 0) is 31.4 Å². The lowest BCUT2D eigenvalue weighted by atomic mass is 10.1. The molecule has 5 nitrogen and oxygen atoms in total. The maximum atomic E-state index is 12.7. The SMILES string of the molecule is CN(C)c1ccc2c(c1)OCCN2[C@@H]1CCN(C2CC2)C1=O. The Bertz CT molecular complexity index is 598. The number of nitrogens with zero attached hydrogens (tertiary/aromatic N) is 3. The van der Waals surface area contributed by atoms with Crippen molar-refractivity contribution in [3.05, 3.63) is 18.2 Å². The summed E-state index contributed by atoms with van der Waals surface area (Å²) in [5.41, 5.74) is 2.19. The van der Waals surface area contributed by atoms with E-state index in [0.717, 1.165) is 36.6 Å². The smallest absolute Gasteiger partial charge is 0.245 e. The number of hydrogen-bond donors (Lipinski definition) is 0. The Morgan fingerprint density at radius 2 is 1.95 bits per heavy atom. The van der Waals surface area contributed by atoms with E-state index in [2.05, 4.69) is 32.9 Å². The van der Waals surface area contributed by atoms with Crippen LogP contribution in [0.5, 0.6) is 5.75 Å². The summed E-state index contributed by atoms with van der Waals surface area (Å²) in [5.74, 6) is 1.21. The fraction of sp³-hybridized carbons (Fsp3) is 0.588. The molecule has 0 aromatic heterocycles. The molecule has 1 atom stereocenters. The lowest BCUT2D eigenvalue weighted by Gasteiger charge is -2.35. The third-order valence-electron chi connectivity index (χ3n) is 4.93. The predicted molar refractivity (Wildman–Crippen MR) is 86.8 cm³/mol. The summed E-state index contributed by atoms with van der Waals surface area (Å²) in [6.07, 6.45) is 3.30. The van der Waals surface area contributed by atoms with Crippen LogP contribution >= 0.6 is 0 Å². The molecule has 0 radical (unpaired) electrons. The van der Waals surface area contributed by atoms with Gasteiger partial charge in [-0.25, -0.2) is 0 Å². The van der Waals surface area contributed by atoms with Crippen molar-refractivity contribution in [2.75, 3.05) is 43.6 Å². The molecule has 1 amide bonds. The summed E-state index contributed by atoms with van der Waals surface area (Å²) in [4.78, 5) is 19.1. The van der Waals surface area contributed by atoms with Gasteiger partial charge in [-0.3, -0.25) is 4.79 Å². The molecule has 1 saturated carbocycles. The van der Waals surface area contributed by atoms with Crippen LogP contribution in [0.1, 0.15) is 19.3 Å². The van der Waals surface area contributed by atoms with Crippen molar-refractivity contribution >= 4 is 17.3 Å². The van der Waals surface area contributed by atoms with Crippen LogP contribution in [0.25, 0.3) is 0 Å². The number of benzene rings is 1. The number of amides is 1. The lowest BCUT2D eigenvalue weighted by molar-refractivity contribution is -0.129. The number of fused-ring (bicyclic) bond motifs is 1. The fourth-order valence-electron chi connectivity index (χ4n) is 3.56. The van der Waals surface area contributed by atoms with Gasteiger partial charge >= 0.3 is 0 Å². The van der Waals surface area contributed by atoms with Gasteiger partial charge in [-0.2, -0.15) is 0 Å². The molecule has 1 saturated heterocycles. The third-order valence-corrected chi connectivity index (χ3v) is 4.93. The number of rotatable bonds is 3. The second-order valence-corrected chi connectivity index (χ2v) is 6.66. The van der Waals surface area contributed by atoms with Gasteiger partial charge < -0.3 is 19.4 Å². The van der Waals surface area contributed by atoms with Crippen LogP contribution in [0.4, 0.5) is 11.4 Å². The molecule has 0 spiro atoms. The second kappa shape index (κ2) is 5.07. The van der Waals surface area contributed by atoms with Gasteiger partial charge in [0.2, 0.25) is 5.91 Å². The lowest BCUT2D eigenvalue weighted by Crippen LogP contribution is -2.46. The van der Waals surface area contributed by atoms with Crippen LogP contribution in [0, 0.1) is 0 Å². The molecule has 118 valence electrons. The molecule has 1 aromatic rings. The normalized spacial score (nSPS) is 24.3. The van der Waals surface area contributed by atoms with Crippen molar-refractivity contribution in [2.24, 2.45) is 0 Å². The molecule has 3 aliphatic rings. The minimum absolute atomic E-state index is 0.00606. The summed E-state index contributed by atoms with van der Waals surface area (Å²) in [7, 11) is 4.05. The van der Waals surface area contributed by atoms with Crippen molar-refractivity contribution in [3.8, 4) is 5.75 Å². The maximum Gasteiger partial charge on any atom is 0.245 e. The molecule has 2 heterocycles. The number of carbonyl (C=O) groups excluding carboxylic acids is 1. The molecule has 2 fully saturated rings. The molecule has 5 heteroatoms. The Morgan fingerprint density at radius 3 is 2.68 bits per heavy atom. The molecule has 22 heavy (non-hydrogen) atoms. The van der Waals surface area contributed by atoms with E-state index in [4.69, 9.17) is 4.74 Å². The molecule has 0 unspecified atom stereocenters. The fourth-order valence-corrected chi connectivity index (χ4v) is 3.56. The average Bonchev–Trinajstić information content (AvgIpc) is 3.29. The van der Waals surface area contributed by atoms with Crippen molar-refractivity contribution in [1.82, 2.24) is 4.90 Å². The van der Waals surface area contributed by atoms with Crippen LogP contribution < -0.4 is 14.5 Å². The van der Waals surface area contributed by atoms with Gasteiger partial charge in [0.1, 0.15) is 18.4 Å². The van der Waals surface area contributed by atoms with Crippen molar-refractivity contribution in [3.63, 3.8) is 0 Å². The van der Waals surface area contributed by atoms with Gasteiger partial charge in [0.25, 0.3) is 0 Å². The van der Waals surface area contributed by atoms with Gasteiger partial charge in [0.05, 0.1) is 12.2 Å². The quantitative estimate of drug-likeness (QED) is 0.851. The van der Waals surface area contributed by atoms with Gasteiger partial charge in [-0.1, -0.05) is 0 Å². The van der Waals surface area contributed by atoms with E-state index in [1.807, 2.05) is 14.1 Å². The molecular weight excluding hydrogens is 278 g/mol. The zero-order valence-electron chi connectivity index (χ0n) is 13.3. The van der Waals surface area contributed by atoms with E-state index in [9.17, 15) is 4.79 Å². The van der Waals surface area contributed by atoms with E-state index in [1.165, 1.54) is 12.8 Å². The summed E-state index contributed by atoms with van der Waals surface area (Å²) in [6, 6.07) is 6.78. The summed E-state index contributed by atoms with van der Waals surface area (Å²) < 4.78 is 5.83. The Labute approximate surface area is 131 Å². The third kappa shape index (κ3) is 2.19. The highest BCUT2D eigenvalue weighted by atomic mass is 16.5. The molecule has 0 N–H and O–H groups in total. The van der Waals surface area contributed by atoms with E-state index in [0.29, 0.717) is 18.6 Å². The van der Waals surface area contributed by atoms with Crippen LogP contribution in [0.2, 0.25) is 0 Å². The van der Waals surface area contributed by atoms with Crippen molar-refractivity contribution in [2.45, 2.75) is 31.3 Å². The first kappa shape index (κ1) is 13.7. The van der Waals surface area contributed by atoms with Gasteiger partial charge in [-0.15, -0.1) is 0 Å². The van der Waals surface area contributed by atoms with Crippen molar-refractivity contribution in [1.29, 1.82) is 0 Å². The van der Waals surface area contributed by atoms with Crippen LogP contribution in [0.3, 0.4) is 0 Å². The molecule has 1 aromatic carbocycles. The molecule has 4 rings (SSSR count). The van der Waals surface area contributed by atoms with E-state index in [1.54, 1.807) is 0 Å². The first-order chi connectivity index (χ1) is 10.6. The van der Waals surface area contributed by atoms with E-state index < -0.39 is 0 Å². The highest BCUT2D eigenvalue weighted by Crippen LogP contribution is 2.39. The number of likely N-dealkylation sites (tertiary alicyclic amines) is 1. The highest BCUT2D eigenvalue weighted by Gasteiger charge is 2.43. The van der Waals surface area contributed by atoms with Crippen LogP contribution in [-0.2, 0) is 4.79 Å². The van der Waals surface area contributed by atoms with Gasteiger partial charge in [0.15, 0.2) is 0 Å². The van der Waals surface area contributed by atoms with Crippen molar-refractivity contribution < 1.29 is 9.53 Å². The number of hydrogen-bond acceptors (Lipinski definition) is 4. The standard InChI is InChI=1S/C17H23N3O2/c1-18(2)13-5-6-14-16(11-13)22-10-9-20(14)15-7-8-19(17(15)21)12-3-4-12/h5-6,11-12,15H,3-4,7-10H2,1-2H3/t15-/m1/s1. The molecule has 0 bridgehead atoms. The van der Waals surface area contributed by atoms with Crippen LogP contribution in [-0.4, -0.2) is 56.7 Å².